The van der Waals surface area contributed by atoms with Crippen molar-refractivity contribution < 1.29 is 19.1 Å². The van der Waals surface area contributed by atoms with Gasteiger partial charge in [0.25, 0.3) is 0 Å². The highest BCUT2D eigenvalue weighted by Crippen LogP contribution is 2.24. The number of nitrogens with one attached hydrogen (secondary N) is 1. The lowest BCUT2D eigenvalue weighted by molar-refractivity contribution is -0.148. The minimum atomic E-state index is -0.854. The average Bonchev–Trinajstić information content (AvgIpc) is 2.97. The van der Waals surface area contributed by atoms with E-state index >= 15 is 0 Å². The van der Waals surface area contributed by atoms with E-state index in [9.17, 15) is 14.7 Å². The van der Waals surface area contributed by atoms with Crippen LogP contribution in [0.5, 0.6) is 0 Å². The molecule has 0 aliphatic carbocycles. The molecule has 1 aromatic rings. The van der Waals surface area contributed by atoms with Crippen molar-refractivity contribution in [2.75, 3.05) is 6.54 Å². The molecule has 2 rings (SSSR count). The predicted octanol–water partition coefficient (Wildman–Crippen LogP) is 1.47. The van der Waals surface area contributed by atoms with Gasteiger partial charge in [-0.3, -0.25) is 14.5 Å². The molecule has 0 saturated carbocycles. The quantitative estimate of drug-likeness (QED) is 0.859. The van der Waals surface area contributed by atoms with Crippen molar-refractivity contribution in [3.8, 4) is 0 Å². The highest BCUT2D eigenvalue weighted by atomic mass is 16.4. The Bertz CT molecular complexity index is 486. The number of rotatable bonds is 5. The van der Waals surface area contributed by atoms with Crippen LogP contribution in [-0.2, 0) is 16.1 Å². The van der Waals surface area contributed by atoms with E-state index in [-0.39, 0.29) is 5.91 Å². The summed E-state index contributed by atoms with van der Waals surface area (Å²) in [5, 5.41) is 12.1. The Morgan fingerprint density at radius 2 is 2.33 bits per heavy atom. The lowest BCUT2D eigenvalue weighted by atomic mass is 9.91. The maximum atomic E-state index is 12.2. The molecule has 0 spiro atoms. The summed E-state index contributed by atoms with van der Waals surface area (Å²) in [5.74, 6) is 0.0257. The summed E-state index contributed by atoms with van der Waals surface area (Å²) in [7, 11) is 0. The van der Waals surface area contributed by atoms with Crippen molar-refractivity contribution in [1.29, 1.82) is 0 Å². The fourth-order valence-corrected chi connectivity index (χ4v) is 2.75. The van der Waals surface area contributed by atoms with E-state index in [1.807, 2.05) is 0 Å². The van der Waals surface area contributed by atoms with E-state index < -0.39 is 18.1 Å². The van der Waals surface area contributed by atoms with Gasteiger partial charge in [-0.15, -0.1) is 0 Å². The Balaban J connectivity index is 1.94. The molecule has 0 bridgehead atoms. The van der Waals surface area contributed by atoms with Gasteiger partial charge in [0.1, 0.15) is 11.8 Å². The molecule has 3 unspecified atom stereocenters. The van der Waals surface area contributed by atoms with Crippen molar-refractivity contribution >= 4 is 11.9 Å². The summed E-state index contributed by atoms with van der Waals surface area (Å²) in [6, 6.07) is 2.50. The number of nitrogens with zero attached hydrogens (tertiary/aromatic N) is 1. The molecule has 1 amide bonds. The van der Waals surface area contributed by atoms with Gasteiger partial charge in [0.05, 0.1) is 18.8 Å². The Morgan fingerprint density at radius 3 is 2.95 bits per heavy atom. The predicted molar refractivity (Wildman–Crippen MR) is 76.5 cm³/mol. The Kier molecular flexibility index (Phi) is 5.01. The van der Waals surface area contributed by atoms with Gasteiger partial charge >= 0.3 is 5.97 Å². The Hall–Kier alpha value is -1.82. The number of amides is 1. The van der Waals surface area contributed by atoms with Crippen molar-refractivity contribution in [2.45, 2.75) is 45.3 Å². The average molecular weight is 294 g/mol. The zero-order valence-corrected chi connectivity index (χ0v) is 12.4. The topological polar surface area (TPSA) is 82.8 Å². The molecule has 1 fully saturated rings. The van der Waals surface area contributed by atoms with E-state index in [0.29, 0.717) is 31.2 Å². The van der Waals surface area contributed by atoms with Crippen molar-refractivity contribution in [1.82, 2.24) is 10.2 Å². The van der Waals surface area contributed by atoms with Gasteiger partial charge < -0.3 is 14.8 Å². The van der Waals surface area contributed by atoms with Crippen LogP contribution in [0.4, 0.5) is 0 Å². The second-order valence-electron chi connectivity index (χ2n) is 5.69. The first-order chi connectivity index (χ1) is 9.99. The van der Waals surface area contributed by atoms with Crippen molar-refractivity contribution in [3.63, 3.8) is 0 Å². The van der Waals surface area contributed by atoms with Gasteiger partial charge in [0.15, 0.2) is 0 Å². The molecule has 6 nitrogen and oxygen atoms in total. The molecule has 3 atom stereocenters. The van der Waals surface area contributed by atoms with E-state index in [2.05, 4.69) is 12.2 Å². The second kappa shape index (κ2) is 6.76. The second-order valence-corrected chi connectivity index (χ2v) is 5.69. The lowest BCUT2D eigenvalue weighted by Crippen LogP contribution is -2.55. The molecule has 21 heavy (non-hydrogen) atoms. The maximum Gasteiger partial charge on any atom is 0.320 e. The van der Waals surface area contributed by atoms with Crippen LogP contribution in [0.1, 0.15) is 32.4 Å². The van der Waals surface area contributed by atoms with Crippen LogP contribution in [0.15, 0.2) is 22.8 Å². The third kappa shape index (κ3) is 3.85. The number of likely N-dealkylation sites (tertiary alicyclic amines) is 1. The SMILES string of the molecule is CC1CCN(C(C)C(=O)NCc2ccco2)C(C(=O)O)C1. The summed E-state index contributed by atoms with van der Waals surface area (Å²) in [5.41, 5.74) is 0. The molecule has 2 heterocycles. The van der Waals surface area contributed by atoms with Crippen molar-refractivity contribution in [3.05, 3.63) is 24.2 Å². The number of hydrogen-bond donors (Lipinski definition) is 2. The van der Waals surface area contributed by atoms with Crippen LogP contribution in [0, 0.1) is 5.92 Å². The first kappa shape index (κ1) is 15.6. The lowest BCUT2D eigenvalue weighted by Gasteiger charge is -2.39. The molecule has 1 aromatic heterocycles. The largest absolute Gasteiger partial charge is 0.480 e. The maximum absolute atomic E-state index is 12.2. The zero-order valence-electron chi connectivity index (χ0n) is 12.4. The molecule has 1 aliphatic heterocycles. The molecule has 116 valence electrons. The highest BCUT2D eigenvalue weighted by Gasteiger charge is 2.36. The first-order valence-electron chi connectivity index (χ1n) is 7.27. The first-order valence-corrected chi connectivity index (χ1v) is 7.27. The molecule has 6 heteroatoms. The molecule has 0 aromatic carbocycles. The zero-order chi connectivity index (χ0) is 15.4. The van der Waals surface area contributed by atoms with Crippen LogP contribution in [0.3, 0.4) is 0 Å². The normalized spacial score (nSPS) is 24.5. The molecule has 1 saturated heterocycles. The third-order valence-electron chi connectivity index (χ3n) is 4.08. The van der Waals surface area contributed by atoms with E-state index in [1.54, 1.807) is 30.2 Å². The van der Waals surface area contributed by atoms with Gasteiger partial charge in [0, 0.05) is 6.54 Å². The van der Waals surface area contributed by atoms with Gasteiger partial charge in [0.2, 0.25) is 5.91 Å². The number of piperidine rings is 1. The highest BCUT2D eigenvalue weighted by molar-refractivity contribution is 5.82. The van der Waals surface area contributed by atoms with E-state index in [4.69, 9.17) is 4.42 Å². The number of furan rings is 1. The summed E-state index contributed by atoms with van der Waals surface area (Å²) in [6.07, 6.45) is 3.06. The number of carbonyl (C=O) groups is 2. The summed E-state index contributed by atoms with van der Waals surface area (Å²) < 4.78 is 5.16. The standard InChI is InChI=1S/C15H22N2O4/c1-10-5-6-17(13(8-10)15(19)20)11(2)14(18)16-9-12-4-3-7-21-12/h3-4,7,10-11,13H,5-6,8-9H2,1-2H3,(H,16,18)(H,19,20). The number of carbonyl (C=O) groups excluding carboxylic acids is 1. The van der Waals surface area contributed by atoms with Crippen LogP contribution >= 0.6 is 0 Å². The third-order valence-corrected chi connectivity index (χ3v) is 4.08. The van der Waals surface area contributed by atoms with Crippen LogP contribution < -0.4 is 5.32 Å². The fraction of sp³-hybridized carbons (Fsp3) is 0.600. The van der Waals surface area contributed by atoms with Crippen molar-refractivity contribution in [2.24, 2.45) is 5.92 Å². The number of aliphatic carboxylic acids is 1. The van der Waals surface area contributed by atoms with E-state index in [1.165, 1.54) is 0 Å². The van der Waals surface area contributed by atoms with Gasteiger partial charge in [-0.25, -0.2) is 0 Å². The number of carboxylic acids is 1. The minimum Gasteiger partial charge on any atom is -0.480 e. The van der Waals surface area contributed by atoms with Gasteiger partial charge in [-0.05, 0) is 37.8 Å². The monoisotopic (exact) mass is 294 g/mol. The summed E-state index contributed by atoms with van der Waals surface area (Å²) in [6.45, 7) is 4.75. The molecular formula is C15H22N2O4. The van der Waals surface area contributed by atoms with Crippen LogP contribution in [0.25, 0.3) is 0 Å². The Labute approximate surface area is 124 Å². The number of carboxylic acid groups (broad SMARTS) is 1. The van der Waals surface area contributed by atoms with Crippen LogP contribution in [0.2, 0.25) is 0 Å². The van der Waals surface area contributed by atoms with Gasteiger partial charge in [-0.2, -0.15) is 0 Å². The fourth-order valence-electron chi connectivity index (χ4n) is 2.75. The molecule has 0 radical (unpaired) electrons. The molecule has 2 N–H and O–H groups in total. The minimum absolute atomic E-state index is 0.174. The molecule has 1 aliphatic rings. The molecular weight excluding hydrogens is 272 g/mol. The van der Waals surface area contributed by atoms with Gasteiger partial charge in [-0.1, -0.05) is 6.92 Å². The summed E-state index contributed by atoms with van der Waals surface area (Å²) >= 11 is 0. The smallest absolute Gasteiger partial charge is 0.320 e. The Morgan fingerprint density at radius 1 is 1.57 bits per heavy atom. The van der Waals surface area contributed by atoms with E-state index in [0.717, 1.165) is 6.42 Å². The summed E-state index contributed by atoms with van der Waals surface area (Å²) in [4.78, 5) is 25.4. The number of hydrogen-bond acceptors (Lipinski definition) is 4. The van der Waals surface area contributed by atoms with Crippen LogP contribution in [-0.4, -0.2) is 40.5 Å².